The smallest absolute Gasteiger partial charge is 0.332 e. The number of benzene rings is 1. The van der Waals surface area contributed by atoms with E-state index in [0.717, 1.165) is 18.4 Å². The summed E-state index contributed by atoms with van der Waals surface area (Å²) >= 11 is 0. The molecule has 0 spiro atoms. The largest absolute Gasteiger partial charge is 0.458 e. The number of hydrogen-bond acceptors (Lipinski definition) is 4. The number of rotatable bonds is 5. The topological polar surface area (TPSA) is 87.7 Å². The number of carbonyl (C=O) groups is 3. The fraction of sp³-hybridized carbons (Fsp3) is 0.571. The van der Waals surface area contributed by atoms with Crippen molar-refractivity contribution < 1.29 is 19.1 Å². The van der Waals surface area contributed by atoms with E-state index >= 15 is 0 Å². The highest BCUT2D eigenvalue weighted by Crippen LogP contribution is 2.32. The lowest BCUT2D eigenvalue weighted by atomic mass is 9.97. The highest BCUT2D eigenvalue weighted by Gasteiger charge is 2.45. The number of esters is 1. The van der Waals surface area contributed by atoms with Gasteiger partial charge in [0.05, 0.1) is 6.42 Å². The predicted molar refractivity (Wildman–Crippen MR) is 108 cm³/mol. The molecule has 0 radical (unpaired) electrons. The molecule has 7 nitrogen and oxygen atoms in total. The maximum atomic E-state index is 12.7. The van der Waals surface area contributed by atoms with Crippen LogP contribution in [0.5, 0.6) is 0 Å². The van der Waals surface area contributed by atoms with Crippen molar-refractivity contribution >= 4 is 23.6 Å². The van der Waals surface area contributed by atoms with Gasteiger partial charge in [-0.1, -0.05) is 25.0 Å². The van der Waals surface area contributed by atoms with Crippen molar-refractivity contribution in [1.29, 1.82) is 0 Å². The third-order valence-corrected chi connectivity index (χ3v) is 4.67. The number of hydrogen-bond donors (Lipinski definition) is 2. The fourth-order valence-corrected chi connectivity index (χ4v) is 3.15. The summed E-state index contributed by atoms with van der Waals surface area (Å²) in [5.41, 5.74) is -0.123. The zero-order valence-electron chi connectivity index (χ0n) is 17.4. The molecule has 3 amide bonds. The lowest BCUT2D eigenvalue weighted by Crippen LogP contribution is -2.55. The first-order chi connectivity index (χ1) is 13.0. The van der Waals surface area contributed by atoms with Crippen LogP contribution >= 0.6 is 0 Å². The Hall–Kier alpha value is -2.57. The molecular formula is C21H31N3O4. The van der Waals surface area contributed by atoms with Crippen LogP contribution in [0.3, 0.4) is 0 Å². The molecule has 1 aliphatic rings. The zero-order valence-corrected chi connectivity index (χ0v) is 17.4. The highest BCUT2D eigenvalue weighted by atomic mass is 16.6. The van der Waals surface area contributed by atoms with Crippen LogP contribution in [0.1, 0.15) is 52.0 Å². The minimum Gasteiger partial charge on any atom is -0.458 e. The summed E-state index contributed by atoms with van der Waals surface area (Å²) < 4.78 is 5.53. The van der Waals surface area contributed by atoms with Crippen LogP contribution in [0, 0.1) is 0 Å². The van der Waals surface area contributed by atoms with Gasteiger partial charge in [-0.15, -0.1) is 0 Å². The van der Waals surface area contributed by atoms with Crippen molar-refractivity contribution in [1.82, 2.24) is 10.2 Å². The zero-order chi connectivity index (χ0) is 20.9. The van der Waals surface area contributed by atoms with E-state index in [4.69, 9.17) is 4.74 Å². The highest BCUT2D eigenvalue weighted by molar-refractivity contribution is 5.94. The number of anilines is 1. The van der Waals surface area contributed by atoms with E-state index in [1.807, 2.05) is 20.8 Å². The Morgan fingerprint density at radius 2 is 1.64 bits per heavy atom. The molecule has 1 aliphatic carbocycles. The first-order valence-electron chi connectivity index (χ1n) is 9.62. The van der Waals surface area contributed by atoms with Crippen molar-refractivity contribution in [2.24, 2.45) is 0 Å². The fourth-order valence-electron chi connectivity index (χ4n) is 3.15. The Morgan fingerprint density at radius 1 is 1.07 bits per heavy atom. The molecule has 0 bridgehead atoms. The summed E-state index contributed by atoms with van der Waals surface area (Å²) in [4.78, 5) is 38.5. The van der Waals surface area contributed by atoms with Crippen LogP contribution in [-0.2, 0) is 20.7 Å². The Morgan fingerprint density at radius 3 is 2.14 bits per heavy atom. The van der Waals surface area contributed by atoms with Crippen LogP contribution in [-0.4, -0.2) is 48.0 Å². The van der Waals surface area contributed by atoms with Crippen LogP contribution in [0.2, 0.25) is 0 Å². The van der Waals surface area contributed by atoms with Gasteiger partial charge in [0.1, 0.15) is 11.1 Å². The van der Waals surface area contributed by atoms with Crippen LogP contribution < -0.4 is 10.6 Å². The molecule has 0 atom stereocenters. The van der Waals surface area contributed by atoms with Crippen LogP contribution in [0.25, 0.3) is 0 Å². The summed E-state index contributed by atoms with van der Waals surface area (Å²) in [7, 11) is 3.43. The van der Waals surface area contributed by atoms with Crippen molar-refractivity contribution in [3.8, 4) is 0 Å². The minimum absolute atomic E-state index is 0.0130. The minimum atomic E-state index is -0.977. The number of nitrogens with zero attached hydrogens (tertiary/aromatic N) is 1. The summed E-state index contributed by atoms with van der Waals surface area (Å²) in [6, 6.07) is 6.65. The third kappa shape index (κ3) is 5.97. The molecule has 1 fully saturated rings. The van der Waals surface area contributed by atoms with E-state index in [9.17, 15) is 14.4 Å². The molecule has 1 saturated carbocycles. The number of ether oxygens (including phenoxy) is 1. The van der Waals surface area contributed by atoms with E-state index in [1.54, 1.807) is 38.4 Å². The number of carbonyl (C=O) groups excluding carboxylic acids is 3. The molecule has 1 aromatic carbocycles. The number of nitrogens with one attached hydrogen (secondary N) is 2. The molecule has 7 heteroatoms. The average molecular weight is 389 g/mol. The second kappa shape index (κ2) is 8.63. The molecule has 2 N–H and O–H groups in total. The van der Waals surface area contributed by atoms with E-state index in [1.165, 1.54) is 4.90 Å². The third-order valence-electron chi connectivity index (χ3n) is 4.67. The van der Waals surface area contributed by atoms with Crippen molar-refractivity contribution in [2.45, 2.75) is 64.0 Å². The first kappa shape index (κ1) is 21.7. The molecule has 28 heavy (non-hydrogen) atoms. The molecule has 0 aliphatic heterocycles. The van der Waals surface area contributed by atoms with Gasteiger partial charge < -0.3 is 20.3 Å². The molecule has 0 saturated heterocycles. The van der Waals surface area contributed by atoms with E-state index in [-0.39, 0.29) is 11.9 Å². The predicted octanol–water partition coefficient (Wildman–Crippen LogP) is 3.09. The summed E-state index contributed by atoms with van der Waals surface area (Å²) in [5.74, 6) is -0.371. The number of amides is 3. The molecular weight excluding hydrogens is 358 g/mol. The van der Waals surface area contributed by atoms with E-state index in [0.29, 0.717) is 24.9 Å². The standard InChI is InChI=1S/C21H31N3O4/c1-20(2,3)28-18(26)21(12-6-7-13-21)23-19(27)22-16-10-8-15(9-11-16)14-17(25)24(4)5/h8-11H,6-7,12-14H2,1-5H3,(H2,22,23,27). The second-order valence-corrected chi connectivity index (χ2v) is 8.53. The van der Waals surface area contributed by atoms with Gasteiger partial charge in [-0.2, -0.15) is 0 Å². The Kier molecular flexibility index (Phi) is 6.69. The Labute approximate surface area is 166 Å². The molecule has 1 aromatic rings. The monoisotopic (exact) mass is 389 g/mol. The SMILES string of the molecule is CN(C)C(=O)Cc1ccc(NC(=O)NC2(C(=O)OC(C)(C)C)CCCC2)cc1. The normalized spacial score (nSPS) is 15.6. The maximum Gasteiger partial charge on any atom is 0.332 e. The lowest BCUT2D eigenvalue weighted by Gasteiger charge is -2.31. The second-order valence-electron chi connectivity index (χ2n) is 8.53. The maximum absolute atomic E-state index is 12.7. The van der Waals surface area contributed by atoms with Gasteiger partial charge in [-0.25, -0.2) is 9.59 Å². The molecule has 2 rings (SSSR count). The van der Waals surface area contributed by atoms with E-state index < -0.39 is 17.2 Å². The molecule has 0 heterocycles. The average Bonchev–Trinajstić information content (AvgIpc) is 3.04. The summed E-state index contributed by atoms with van der Waals surface area (Å²) in [6.45, 7) is 5.45. The number of urea groups is 1. The van der Waals surface area contributed by atoms with Crippen LogP contribution in [0.4, 0.5) is 10.5 Å². The summed E-state index contributed by atoms with van der Waals surface area (Å²) in [6.07, 6.45) is 3.19. The lowest BCUT2D eigenvalue weighted by molar-refractivity contribution is -0.162. The van der Waals surface area contributed by atoms with E-state index in [2.05, 4.69) is 10.6 Å². The molecule has 154 valence electrons. The summed E-state index contributed by atoms with van der Waals surface area (Å²) in [5, 5.41) is 5.60. The van der Waals surface area contributed by atoms with Gasteiger partial charge in [0.25, 0.3) is 0 Å². The molecule has 0 aromatic heterocycles. The van der Waals surface area contributed by atoms with Gasteiger partial charge >= 0.3 is 12.0 Å². The van der Waals surface area contributed by atoms with Crippen molar-refractivity contribution in [3.05, 3.63) is 29.8 Å². The van der Waals surface area contributed by atoms with Gasteiger partial charge in [0.2, 0.25) is 5.91 Å². The van der Waals surface area contributed by atoms with Gasteiger partial charge in [-0.05, 0) is 51.3 Å². The Balaban J connectivity index is 1.99. The Bertz CT molecular complexity index is 714. The quantitative estimate of drug-likeness (QED) is 0.758. The van der Waals surface area contributed by atoms with Gasteiger partial charge in [0.15, 0.2) is 0 Å². The van der Waals surface area contributed by atoms with Crippen LogP contribution in [0.15, 0.2) is 24.3 Å². The first-order valence-corrected chi connectivity index (χ1v) is 9.62. The van der Waals surface area contributed by atoms with Gasteiger partial charge in [-0.3, -0.25) is 4.79 Å². The van der Waals surface area contributed by atoms with Crippen molar-refractivity contribution in [2.75, 3.05) is 19.4 Å². The number of likely N-dealkylation sites (N-methyl/N-ethyl adjacent to an activating group) is 1. The molecule has 0 unspecified atom stereocenters. The van der Waals surface area contributed by atoms with Gasteiger partial charge in [0, 0.05) is 19.8 Å². The van der Waals surface area contributed by atoms with Crippen molar-refractivity contribution in [3.63, 3.8) is 0 Å².